The largest absolute Gasteiger partial charge is 0.287 e. The average Bonchev–Trinajstić information content (AvgIpc) is 2.97. The van der Waals surface area contributed by atoms with Gasteiger partial charge in [-0.15, -0.1) is 5.10 Å². The summed E-state index contributed by atoms with van der Waals surface area (Å²) >= 11 is 0. The van der Waals surface area contributed by atoms with Crippen molar-refractivity contribution in [1.82, 2.24) is 15.0 Å². The highest BCUT2D eigenvalue weighted by Gasteiger charge is 2.16. The highest BCUT2D eigenvalue weighted by molar-refractivity contribution is 6.07. The van der Waals surface area contributed by atoms with Gasteiger partial charge in [-0.25, -0.2) is 9.07 Å². The summed E-state index contributed by atoms with van der Waals surface area (Å²) in [4.78, 5) is 12.2. The quantitative estimate of drug-likeness (QED) is 0.691. The molecule has 1 aromatic heterocycles. The van der Waals surface area contributed by atoms with E-state index in [0.29, 0.717) is 6.54 Å². The Morgan fingerprint density at radius 3 is 2.52 bits per heavy atom. The molecule has 3 rings (SSSR count). The standard InChI is InChI=1S/C16H12FN3O/c17-14-9-5-4-8-13(14)16(21)15-11-20(19-18-15)10-12-6-2-1-3-7-12/h1-9,11H,10H2. The van der Waals surface area contributed by atoms with E-state index >= 15 is 0 Å². The van der Waals surface area contributed by atoms with Crippen LogP contribution >= 0.6 is 0 Å². The van der Waals surface area contributed by atoms with Gasteiger partial charge in [0.15, 0.2) is 5.69 Å². The van der Waals surface area contributed by atoms with Gasteiger partial charge >= 0.3 is 0 Å². The molecular formula is C16H12FN3O. The normalized spacial score (nSPS) is 10.5. The molecular weight excluding hydrogens is 269 g/mol. The van der Waals surface area contributed by atoms with Gasteiger partial charge in [-0.3, -0.25) is 4.79 Å². The minimum Gasteiger partial charge on any atom is -0.287 e. The van der Waals surface area contributed by atoms with Crippen molar-refractivity contribution in [3.05, 3.63) is 83.4 Å². The number of carbonyl (C=O) groups excluding carboxylic acids is 1. The van der Waals surface area contributed by atoms with Crippen LogP contribution in [0.2, 0.25) is 0 Å². The van der Waals surface area contributed by atoms with Crippen LogP contribution in [0, 0.1) is 5.82 Å². The lowest BCUT2D eigenvalue weighted by Crippen LogP contribution is -2.04. The Balaban J connectivity index is 1.82. The molecule has 0 spiro atoms. The minimum absolute atomic E-state index is 0.00395. The molecule has 4 nitrogen and oxygen atoms in total. The first-order valence-electron chi connectivity index (χ1n) is 6.47. The van der Waals surface area contributed by atoms with Gasteiger partial charge in [0.1, 0.15) is 5.82 Å². The molecule has 0 amide bonds. The zero-order valence-electron chi connectivity index (χ0n) is 11.1. The van der Waals surface area contributed by atoms with Gasteiger partial charge in [0.25, 0.3) is 0 Å². The molecule has 0 atom stereocenters. The van der Waals surface area contributed by atoms with Crippen LogP contribution in [0.3, 0.4) is 0 Å². The van der Waals surface area contributed by atoms with E-state index in [9.17, 15) is 9.18 Å². The first-order chi connectivity index (χ1) is 10.2. The molecule has 3 aromatic rings. The average molecular weight is 281 g/mol. The lowest BCUT2D eigenvalue weighted by Gasteiger charge is -2.00. The van der Waals surface area contributed by atoms with Crippen molar-refractivity contribution in [2.45, 2.75) is 6.54 Å². The van der Waals surface area contributed by atoms with Gasteiger partial charge in [-0.2, -0.15) is 0 Å². The molecule has 1 heterocycles. The van der Waals surface area contributed by atoms with Crippen LogP contribution < -0.4 is 0 Å². The highest BCUT2D eigenvalue weighted by Crippen LogP contribution is 2.12. The van der Waals surface area contributed by atoms with E-state index in [1.807, 2.05) is 30.3 Å². The van der Waals surface area contributed by atoms with E-state index < -0.39 is 11.6 Å². The second kappa shape index (κ2) is 5.66. The fraction of sp³-hybridized carbons (Fsp3) is 0.0625. The van der Waals surface area contributed by atoms with Gasteiger partial charge in [-0.1, -0.05) is 47.7 Å². The maximum absolute atomic E-state index is 13.6. The molecule has 0 bridgehead atoms. The summed E-state index contributed by atoms with van der Waals surface area (Å²) in [5.41, 5.74) is 1.19. The van der Waals surface area contributed by atoms with Crippen molar-refractivity contribution >= 4 is 5.78 Å². The third-order valence-electron chi connectivity index (χ3n) is 3.08. The fourth-order valence-electron chi connectivity index (χ4n) is 2.03. The number of hydrogen-bond donors (Lipinski definition) is 0. The van der Waals surface area contributed by atoms with E-state index in [1.165, 1.54) is 18.3 Å². The summed E-state index contributed by atoms with van der Waals surface area (Å²) in [5, 5.41) is 7.74. The number of hydrogen-bond acceptors (Lipinski definition) is 3. The summed E-state index contributed by atoms with van der Waals surface area (Å²) < 4.78 is 15.2. The van der Waals surface area contributed by atoms with Gasteiger partial charge in [-0.05, 0) is 17.7 Å². The molecule has 0 unspecified atom stereocenters. The Hall–Kier alpha value is -2.82. The molecule has 0 N–H and O–H groups in total. The molecule has 0 radical (unpaired) electrons. The minimum atomic E-state index is -0.555. The Bertz CT molecular complexity index is 768. The maximum Gasteiger partial charge on any atom is 0.217 e. The van der Waals surface area contributed by atoms with Crippen LogP contribution in [0.5, 0.6) is 0 Å². The van der Waals surface area contributed by atoms with Crippen molar-refractivity contribution < 1.29 is 9.18 Å². The highest BCUT2D eigenvalue weighted by atomic mass is 19.1. The Morgan fingerprint density at radius 1 is 1.05 bits per heavy atom. The molecule has 0 aliphatic rings. The predicted octanol–water partition coefficient (Wildman–Crippen LogP) is 2.70. The third-order valence-corrected chi connectivity index (χ3v) is 3.08. The predicted molar refractivity (Wildman–Crippen MR) is 75.4 cm³/mol. The Morgan fingerprint density at radius 2 is 1.76 bits per heavy atom. The second-order valence-corrected chi connectivity index (χ2v) is 4.60. The summed E-state index contributed by atoms with van der Waals surface area (Å²) in [5.74, 6) is -1.02. The summed E-state index contributed by atoms with van der Waals surface area (Å²) in [6.45, 7) is 0.512. The van der Waals surface area contributed by atoms with Gasteiger partial charge in [0, 0.05) is 0 Å². The maximum atomic E-state index is 13.6. The number of aromatic nitrogens is 3. The van der Waals surface area contributed by atoms with E-state index in [0.717, 1.165) is 5.56 Å². The van der Waals surface area contributed by atoms with Crippen molar-refractivity contribution in [1.29, 1.82) is 0 Å². The van der Waals surface area contributed by atoms with Crippen molar-refractivity contribution in [2.75, 3.05) is 0 Å². The number of benzene rings is 2. The van der Waals surface area contributed by atoms with Crippen molar-refractivity contribution in [3.63, 3.8) is 0 Å². The number of rotatable bonds is 4. The Kier molecular flexibility index (Phi) is 3.55. The van der Waals surface area contributed by atoms with Crippen molar-refractivity contribution in [3.8, 4) is 0 Å². The van der Waals surface area contributed by atoms with Crippen LogP contribution in [-0.4, -0.2) is 20.8 Å². The number of nitrogens with zero attached hydrogens (tertiary/aromatic N) is 3. The molecule has 0 saturated carbocycles. The topological polar surface area (TPSA) is 47.8 Å². The van der Waals surface area contributed by atoms with Crippen molar-refractivity contribution in [2.24, 2.45) is 0 Å². The van der Waals surface area contributed by atoms with E-state index in [-0.39, 0.29) is 11.3 Å². The van der Waals surface area contributed by atoms with Crippen LogP contribution in [0.4, 0.5) is 4.39 Å². The first kappa shape index (κ1) is 13.2. The smallest absolute Gasteiger partial charge is 0.217 e. The molecule has 5 heteroatoms. The van der Waals surface area contributed by atoms with Gasteiger partial charge < -0.3 is 0 Å². The summed E-state index contributed by atoms with van der Waals surface area (Å²) in [6, 6.07) is 15.5. The molecule has 0 saturated heterocycles. The zero-order chi connectivity index (χ0) is 14.7. The van der Waals surface area contributed by atoms with Gasteiger partial charge in [0.2, 0.25) is 5.78 Å². The summed E-state index contributed by atoms with van der Waals surface area (Å²) in [7, 11) is 0. The lowest BCUT2D eigenvalue weighted by molar-refractivity contribution is 0.103. The number of halogens is 1. The summed E-state index contributed by atoms with van der Waals surface area (Å²) in [6.07, 6.45) is 1.53. The zero-order valence-corrected chi connectivity index (χ0v) is 11.1. The lowest BCUT2D eigenvalue weighted by atomic mass is 10.1. The van der Waals surface area contributed by atoms with Gasteiger partial charge in [0.05, 0.1) is 18.3 Å². The monoisotopic (exact) mass is 281 g/mol. The van der Waals surface area contributed by atoms with Crippen LogP contribution in [0.1, 0.15) is 21.6 Å². The van der Waals surface area contributed by atoms with Crippen LogP contribution in [0.25, 0.3) is 0 Å². The van der Waals surface area contributed by atoms with E-state index in [4.69, 9.17) is 0 Å². The fourth-order valence-corrected chi connectivity index (χ4v) is 2.03. The first-order valence-corrected chi connectivity index (χ1v) is 6.47. The molecule has 0 aliphatic carbocycles. The molecule has 104 valence electrons. The second-order valence-electron chi connectivity index (χ2n) is 4.60. The Labute approximate surface area is 120 Å². The van der Waals surface area contributed by atoms with E-state index in [1.54, 1.807) is 16.8 Å². The number of ketones is 1. The van der Waals surface area contributed by atoms with Crippen LogP contribution in [-0.2, 0) is 6.54 Å². The molecule has 2 aromatic carbocycles. The number of carbonyl (C=O) groups is 1. The molecule has 0 fully saturated rings. The third kappa shape index (κ3) is 2.86. The molecule has 0 aliphatic heterocycles. The SMILES string of the molecule is O=C(c1cn(Cc2ccccc2)nn1)c1ccccc1F. The van der Waals surface area contributed by atoms with E-state index in [2.05, 4.69) is 10.3 Å². The van der Waals surface area contributed by atoms with Crippen LogP contribution in [0.15, 0.2) is 60.8 Å². The molecule has 21 heavy (non-hydrogen) atoms.